The SMILES string of the molecule is CCOC(=O)CNC(=O)OCCc1cc(Cl)c(Oc2ccc(OC)c(Cc3ccccc3)c2)c(Cl)c1. The van der Waals surface area contributed by atoms with Crippen LogP contribution in [0.5, 0.6) is 17.2 Å². The maximum Gasteiger partial charge on any atom is 0.407 e. The van der Waals surface area contributed by atoms with E-state index < -0.39 is 12.1 Å². The first-order valence-electron chi connectivity index (χ1n) is 11.3. The molecule has 0 aliphatic carbocycles. The lowest BCUT2D eigenvalue weighted by Crippen LogP contribution is -2.31. The van der Waals surface area contributed by atoms with Crippen molar-refractivity contribution in [2.24, 2.45) is 0 Å². The van der Waals surface area contributed by atoms with Crippen molar-refractivity contribution >= 4 is 35.3 Å². The molecule has 1 amide bonds. The van der Waals surface area contributed by atoms with Crippen LogP contribution in [0.15, 0.2) is 60.7 Å². The van der Waals surface area contributed by atoms with Gasteiger partial charge in [-0.25, -0.2) is 4.79 Å². The van der Waals surface area contributed by atoms with Crippen molar-refractivity contribution in [2.45, 2.75) is 19.8 Å². The number of esters is 1. The van der Waals surface area contributed by atoms with Gasteiger partial charge in [0.05, 0.1) is 30.4 Å². The molecule has 0 aromatic heterocycles. The molecule has 3 rings (SSSR count). The summed E-state index contributed by atoms with van der Waals surface area (Å²) < 4.78 is 21.3. The number of carbonyl (C=O) groups excluding carboxylic acids is 2. The van der Waals surface area contributed by atoms with Crippen molar-refractivity contribution in [3.8, 4) is 17.2 Å². The van der Waals surface area contributed by atoms with Crippen LogP contribution in [0, 0.1) is 0 Å². The molecule has 0 radical (unpaired) electrons. The standard InChI is InChI=1S/C27H27Cl2NO6/c1-3-34-25(31)17-30-27(32)35-12-11-19-14-22(28)26(23(29)15-19)36-21-9-10-24(33-2)20(16-21)13-18-7-5-4-6-8-18/h4-10,14-16H,3,11-13,17H2,1-2H3,(H,30,32). The highest BCUT2D eigenvalue weighted by Crippen LogP contribution is 2.38. The van der Waals surface area contributed by atoms with Gasteiger partial charge in [0.15, 0.2) is 5.75 Å². The van der Waals surface area contributed by atoms with Crippen molar-refractivity contribution < 1.29 is 28.5 Å². The maximum absolute atomic E-state index is 11.7. The number of hydrogen-bond donors (Lipinski definition) is 1. The molecule has 0 saturated heterocycles. The van der Waals surface area contributed by atoms with E-state index in [1.807, 2.05) is 42.5 Å². The normalized spacial score (nSPS) is 10.4. The monoisotopic (exact) mass is 531 g/mol. The van der Waals surface area contributed by atoms with Gasteiger partial charge in [0.25, 0.3) is 0 Å². The number of amides is 1. The number of methoxy groups -OCH3 is 1. The van der Waals surface area contributed by atoms with E-state index in [0.29, 0.717) is 34.4 Å². The average Bonchev–Trinajstić information content (AvgIpc) is 2.86. The summed E-state index contributed by atoms with van der Waals surface area (Å²) in [7, 11) is 1.63. The average molecular weight is 532 g/mol. The third-order valence-electron chi connectivity index (χ3n) is 5.07. The smallest absolute Gasteiger partial charge is 0.407 e. The van der Waals surface area contributed by atoms with E-state index in [-0.39, 0.29) is 19.8 Å². The second-order valence-corrected chi connectivity index (χ2v) is 8.49. The van der Waals surface area contributed by atoms with Gasteiger partial charge in [-0.15, -0.1) is 0 Å². The summed E-state index contributed by atoms with van der Waals surface area (Å²) in [5, 5.41) is 2.97. The highest BCUT2D eigenvalue weighted by Gasteiger charge is 2.14. The van der Waals surface area contributed by atoms with Gasteiger partial charge in [0, 0.05) is 18.4 Å². The van der Waals surface area contributed by atoms with E-state index in [1.54, 1.807) is 32.2 Å². The molecule has 3 aromatic rings. The predicted molar refractivity (Wildman–Crippen MR) is 138 cm³/mol. The van der Waals surface area contributed by atoms with Crippen LogP contribution in [0.2, 0.25) is 10.0 Å². The molecule has 0 aliphatic heterocycles. The van der Waals surface area contributed by atoms with E-state index in [2.05, 4.69) is 5.32 Å². The van der Waals surface area contributed by atoms with Gasteiger partial charge < -0.3 is 24.3 Å². The van der Waals surface area contributed by atoms with Crippen molar-refractivity contribution in [3.63, 3.8) is 0 Å². The molecule has 0 bridgehead atoms. The van der Waals surface area contributed by atoms with Crippen LogP contribution in [0.4, 0.5) is 4.79 Å². The first-order valence-corrected chi connectivity index (χ1v) is 12.1. The van der Waals surface area contributed by atoms with Gasteiger partial charge in [-0.05, 0) is 48.4 Å². The summed E-state index contributed by atoms with van der Waals surface area (Å²) in [6.45, 7) is 1.74. The van der Waals surface area contributed by atoms with E-state index in [0.717, 1.165) is 22.4 Å². The molecule has 190 valence electrons. The Morgan fingerprint density at radius 2 is 1.64 bits per heavy atom. The van der Waals surface area contributed by atoms with Crippen LogP contribution < -0.4 is 14.8 Å². The molecule has 1 N–H and O–H groups in total. The van der Waals surface area contributed by atoms with E-state index in [9.17, 15) is 9.59 Å². The zero-order valence-electron chi connectivity index (χ0n) is 20.0. The second-order valence-electron chi connectivity index (χ2n) is 7.67. The number of carbonyl (C=O) groups is 2. The predicted octanol–water partition coefficient (Wildman–Crippen LogP) is 6.22. The third kappa shape index (κ3) is 8.07. The molecular weight excluding hydrogens is 505 g/mol. The number of nitrogens with one attached hydrogen (secondary N) is 1. The number of ether oxygens (including phenoxy) is 4. The number of alkyl carbamates (subject to hydrolysis) is 1. The number of hydrogen-bond acceptors (Lipinski definition) is 6. The molecular formula is C27H27Cl2NO6. The molecule has 7 nitrogen and oxygen atoms in total. The highest BCUT2D eigenvalue weighted by atomic mass is 35.5. The van der Waals surface area contributed by atoms with E-state index in [1.165, 1.54) is 0 Å². The van der Waals surface area contributed by atoms with E-state index in [4.69, 9.17) is 42.1 Å². The van der Waals surface area contributed by atoms with Crippen LogP contribution in [0.3, 0.4) is 0 Å². The summed E-state index contributed by atoms with van der Waals surface area (Å²) in [5.41, 5.74) is 2.86. The quantitative estimate of drug-likeness (QED) is 0.296. The minimum absolute atomic E-state index is 0.0723. The lowest BCUT2D eigenvalue weighted by atomic mass is 10.0. The molecule has 36 heavy (non-hydrogen) atoms. The molecule has 0 spiro atoms. The Morgan fingerprint density at radius 1 is 0.917 bits per heavy atom. The zero-order chi connectivity index (χ0) is 25.9. The molecule has 0 fully saturated rings. The Balaban J connectivity index is 1.62. The Hall–Kier alpha value is -3.42. The molecule has 0 aliphatic rings. The fourth-order valence-corrected chi connectivity index (χ4v) is 4.02. The van der Waals surface area contributed by atoms with Crippen molar-refractivity contribution in [1.82, 2.24) is 5.32 Å². The second kappa shape index (κ2) is 13.6. The summed E-state index contributed by atoms with van der Waals surface area (Å²) in [4.78, 5) is 23.0. The lowest BCUT2D eigenvalue weighted by Gasteiger charge is -2.14. The molecule has 0 atom stereocenters. The van der Waals surface area contributed by atoms with Gasteiger partial charge in [-0.2, -0.15) is 0 Å². The number of halogens is 2. The van der Waals surface area contributed by atoms with Gasteiger partial charge in [-0.1, -0.05) is 53.5 Å². The summed E-state index contributed by atoms with van der Waals surface area (Å²) >= 11 is 12.9. The first kappa shape index (κ1) is 27.2. The third-order valence-corrected chi connectivity index (χ3v) is 5.64. The minimum atomic E-state index is -0.717. The molecule has 0 saturated carbocycles. The summed E-state index contributed by atoms with van der Waals surface area (Å²) in [6, 6.07) is 19.0. The highest BCUT2D eigenvalue weighted by molar-refractivity contribution is 6.37. The van der Waals surface area contributed by atoms with Crippen LogP contribution in [0.25, 0.3) is 0 Å². The van der Waals surface area contributed by atoms with Gasteiger partial charge in [0.1, 0.15) is 18.0 Å². The van der Waals surface area contributed by atoms with Crippen molar-refractivity contribution in [2.75, 3.05) is 26.9 Å². The van der Waals surface area contributed by atoms with Crippen LogP contribution in [-0.4, -0.2) is 38.9 Å². The molecule has 0 heterocycles. The Bertz CT molecular complexity index is 1160. The van der Waals surface area contributed by atoms with Gasteiger partial charge >= 0.3 is 12.1 Å². The summed E-state index contributed by atoms with van der Waals surface area (Å²) in [6.07, 6.45) is 0.330. The van der Waals surface area contributed by atoms with Crippen molar-refractivity contribution in [1.29, 1.82) is 0 Å². The molecule has 9 heteroatoms. The Morgan fingerprint density at radius 3 is 2.31 bits per heavy atom. The maximum atomic E-state index is 11.7. The minimum Gasteiger partial charge on any atom is -0.496 e. The van der Waals surface area contributed by atoms with Gasteiger partial charge in [0.2, 0.25) is 0 Å². The first-order chi connectivity index (χ1) is 17.4. The topological polar surface area (TPSA) is 83.1 Å². The fraction of sp³-hybridized carbons (Fsp3) is 0.259. The Kier molecular flexibility index (Phi) is 10.3. The molecule has 0 unspecified atom stereocenters. The zero-order valence-corrected chi connectivity index (χ0v) is 21.5. The van der Waals surface area contributed by atoms with E-state index >= 15 is 0 Å². The van der Waals surface area contributed by atoms with Crippen molar-refractivity contribution in [3.05, 3.63) is 87.4 Å². The fourth-order valence-electron chi connectivity index (χ4n) is 3.41. The van der Waals surface area contributed by atoms with Crippen LogP contribution in [0.1, 0.15) is 23.6 Å². The number of benzene rings is 3. The van der Waals surface area contributed by atoms with Gasteiger partial charge in [-0.3, -0.25) is 4.79 Å². The van der Waals surface area contributed by atoms with Crippen LogP contribution >= 0.6 is 23.2 Å². The Labute approximate surface area is 220 Å². The lowest BCUT2D eigenvalue weighted by molar-refractivity contribution is -0.141. The van der Waals surface area contributed by atoms with Crippen LogP contribution in [-0.2, 0) is 27.1 Å². The summed E-state index contributed by atoms with van der Waals surface area (Å²) in [5.74, 6) is 1.11. The molecule has 3 aromatic carbocycles. The number of rotatable bonds is 11. The largest absolute Gasteiger partial charge is 0.496 e.